The van der Waals surface area contributed by atoms with Crippen molar-refractivity contribution in [2.45, 2.75) is 0 Å². The van der Waals surface area contributed by atoms with Gasteiger partial charge in [0.1, 0.15) is 17.4 Å². The second-order valence-electron chi connectivity index (χ2n) is 5.70. The smallest absolute Gasteiger partial charge is 0.205 e. The molecule has 1 aromatic heterocycles. The Morgan fingerprint density at radius 2 is 1.70 bits per heavy atom. The molecule has 27 heavy (non-hydrogen) atoms. The number of aromatic amines is 1. The molecular weight excluding hydrogens is 344 g/mol. The molecule has 3 aromatic rings. The third kappa shape index (κ3) is 3.35. The Kier molecular flexibility index (Phi) is 5.13. The lowest BCUT2D eigenvalue weighted by Crippen LogP contribution is -2.02. The number of nitrogens with zero attached hydrogens (tertiary/aromatic N) is 1. The van der Waals surface area contributed by atoms with E-state index in [1.165, 1.54) is 27.4 Å². The highest BCUT2D eigenvalue weighted by molar-refractivity contribution is 6.19. The lowest BCUT2D eigenvalue weighted by Gasteiger charge is -2.12. The SMILES string of the molecule is COc1cc(OC)c(OC)cc1/C=C(\C#N)C(=O)c1c[nH]c2ccccc12. The molecule has 6 nitrogen and oxygen atoms in total. The van der Waals surface area contributed by atoms with Gasteiger partial charge in [0, 0.05) is 34.3 Å². The number of methoxy groups -OCH3 is 3. The monoisotopic (exact) mass is 362 g/mol. The van der Waals surface area contributed by atoms with E-state index in [4.69, 9.17) is 14.2 Å². The number of carbonyl (C=O) groups excluding carboxylic acids is 1. The van der Waals surface area contributed by atoms with Crippen molar-refractivity contribution >= 4 is 22.8 Å². The number of hydrogen-bond donors (Lipinski definition) is 1. The van der Waals surface area contributed by atoms with Crippen LogP contribution in [0.15, 0.2) is 48.2 Å². The van der Waals surface area contributed by atoms with Gasteiger partial charge in [-0.15, -0.1) is 0 Å². The van der Waals surface area contributed by atoms with Crippen LogP contribution in [0.2, 0.25) is 0 Å². The average Bonchev–Trinajstić information content (AvgIpc) is 3.15. The molecule has 0 aliphatic rings. The average molecular weight is 362 g/mol. The van der Waals surface area contributed by atoms with Crippen molar-refractivity contribution in [2.24, 2.45) is 0 Å². The van der Waals surface area contributed by atoms with Gasteiger partial charge in [-0.2, -0.15) is 5.26 Å². The van der Waals surface area contributed by atoms with Crippen LogP contribution in [-0.2, 0) is 0 Å². The van der Waals surface area contributed by atoms with Crippen LogP contribution in [0, 0.1) is 11.3 Å². The third-order valence-corrected chi connectivity index (χ3v) is 4.23. The summed E-state index contributed by atoms with van der Waals surface area (Å²) in [5, 5.41) is 10.3. The first kappa shape index (κ1) is 18.1. The van der Waals surface area contributed by atoms with E-state index in [9.17, 15) is 10.1 Å². The Labute approximate surface area is 156 Å². The van der Waals surface area contributed by atoms with Gasteiger partial charge in [-0.25, -0.2) is 0 Å². The van der Waals surface area contributed by atoms with Crippen LogP contribution >= 0.6 is 0 Å². The van der Waals surface area contributed by atoms with Gasteiger partial charge in [0.2, 0.25) is 5.78 Å². The first-order valence-electron chi connectivity index (χ1n) is 8.15. The van der Waals surface area contributed by atoms with Gasteiger partial charge in [0.25, 0.3) is 0 Å². The number of nitrogens with one attached hydrogen (secondary N) is 1. The van der Waals surface area contributed by atoms with E-state index in [1.54, 1.807) is 18.3 Å². The predicted octanol–water partition coefficient (Wildman–Crippen LogP) is 3.98. The molecule has 0 atom stereocenters. The maximum absolute atomic E-state index is 12.9. The molecule has 0 amide bonds. The number of fused-ring (bicyclic) bond motifs is 1. The summed E-state index contributed by atoms with van der Waals surface area (Å²) < 4.78 is 15.9. The fourth-order valence-corrected chi connectivity index (χ4v) is 2.87. The Hall–Kier alpha value is -3.72. The van der Waals surface area contributed by atoms with Crippen molar-refractivity contribution < 1.29 is 19.0 Å². The molecule has 0 radical (unpaired) electrons. The van der Waals surface area contributed by atoms with Crippen LogP contribution in [0.5, 0.6) is 17.2 Å². The van der Waals surface area contributed by atoms with Crippen molar-refractivity contribution in [1.29, 1.82) is 5.26 Å². The van der Waals surface area contributed by atoms with E-state index in [0.29, 0.717) is 28.4 Å². The minimum atomic E-state index is -0.369. The highest BCUT2D eigenvalue weighted by Gasteiger charge is 2.18. The zero-order valence-corrected chi connectivity index (χ0v) is 15.2. The van der Waals surface area contributed by atoms with E-state index >= 15 is 0 Å². The molecule has 0 saturated carbocycles. The number of Topliss-reactive ketones (excluding diaryl/α,β-unsaturated/α-hetero) is 1. The van der Waals surface area contributed by atoms with Crippen LogP contribution < -0.4 is 14.2 Å². The number of benzene rings is 2. The molecule has 3 rings (SSSR count). The topological polar surface area (TPSA) is 84.3 Å². The van der Waals surface area contributed by atoms with Gasteiger partial charge < -0.3 is 19.2 Å². The van der Waals surface area contributed by atoms with Gasteiger partial charge in [0.05, 0.1) is 21.3 Å². The number of carbonyl (C=O) groups is 1. The van der Waals surface area contributed by atoms with Crippen LogP contribution in [0.3, 0.4) is 0 Å². The molecule has 136 valence electrons. The largest absolute Gasteiger partial charge is 0.496 e. The van der Waals surface area contributed by atoms with E-state index in [0.717, 1.165) is 10.9 Å². The summed E-state index contributed by atoms with van der Waals surface area (Å²) in [4.78, 5) is 16.0. The zero-order valence-electron chi connectivity index (χ0n) is 15.2. The van der Waals surface area contributed by atoms with E-state index in [-0.39, 0.29) is 11.4 Å². The highest BCUT2D eigenvalue weighted by Crippen LogP contribution is 2.36. The number of rotatable bonds is 6. The summed E-state index contributed by atoms with van der Waals surface area (Å²) in [7, 11) is 4.54. The van der Waals surface area contributed by atoms with Gasteiger partial charge in [-0.3, -0.25) is 4.79 Å². The normalized spacial score (nSPS) is 11.1. The Balaban J connectivity index is 2.09. The number of H-pyrrole nitrogens is 1. The molecule has 0 fully saturated rings. The number of allylic oxidation sites excluding steroid dienone is 1. The Morgan fingerprint density at radius 1 is 1.04 bits per heavy atom. The Morgan fingerprint density at radius 3 is 2.37 bits per heavy atom. The van der Waals surface area contributed by atoms with Crippen LogP contribution in [0.1, 0.15) is 15.9 Å². The third-order valence-electron chi connectivity index (χ3n) is 4.23. The number of hydrogen-bond acceptors (Lipinski definition) is 5. The quantitative estimate of drug-likeness (QED) is 0.407. The number of aromatic nitrogens is 1. The van der Waals surface area contributed by atoms with E-state index < -0.39 is 0 Å². The van der Waals surface area contributed by atoms with Gasteiger partial charge >= 0.3 is 0 Å². The van der Waals surface area contributed by atoms with Gasteiger partial charge in [-0.05, 0) is 18.2 Å². The highest BCUT2D eigenvalue weighted by atomic mass is 16.5. The van der Waals surface area contributed by atoms with Crippen molar-refractivity contribution in [3.8, 4) is 23.3 Å². The zero-order chi connectivity index (χ0) is 19.4. The predicted molar refractivity (Wildman–Crippen MR) is 102 cm³/mol. The molecule has 0 aliphatic heterocycles. The van der Waals surface area contributed by atoms with E-state index in [2.05, 4.69) is 4.98 Å². The summed E-state index contributed by atoms with van der Waals surface area (Å²) in [6.07, 6.45) is 3.11. The fraction of sp³-hybridized carbons (Fsp3) is 0.143. The molecule has 1 heterocycles. The second-order valence-corrected chi connectivity index (χ2v) is 5.70. The molecule has 0 bridgehead atoms. The van der Waals surface area contributed by atoms with Crippen molar-refractivity contribution in [2.75, 3.05) is 21.3 Å². The lowest BCUT2D eigenvalue weighted by molar-refractivity contribution is 0.104. The number of ketones is 1. The maximum Gasteiger partial charge on any atom is 0.205 e. The molecule has 6 heteroatoms. The van der Waals surface area contributed by atoms with Gasteiger partial charge in [-0.1, -0.05) is 18.2 Å². The second kappa shape index (κ2) is 7.67. The fourth-order valence-electron chi connectivity index (χ4n) is 2.87. The van der Waals surface area contributed by atoms with Crippen molar-refractivity contribution in [3.05, 3.63) is 59.3 Å². The number of nitriles is 1. The molecular formula is C21H18N2O4. The first-order valence-corrected chi connectivity index (χ1v) is 8.15. The minimum Gasteiger partial charge on any atom is -0.496 e. The molecule has 2 aromatic carbocycles. The van der Waals surface area contributed by atoms with Crippen molar-refractivity contribution in [3.63, 3.8) is 0 Å². The molecule has 0 aliphatic carbocycles. The summed E-state index contributed by atoms with van der Waals surface area (Å²) in [6.45, 7) is 0. The summed E-state index contributed by atoms with van der Waals surface area (Å²) in [5.74, 6) is 1.06. The van der Waals surface area contributed by atoms with Crippen LogP contribution in [0.25, 0.3) is 17.0 Å². The van der Waals surface area contributed by atoms with Crippen LogP contribution in [-0.4, -0.2) is 32.1 Å². The summed E-state index contributed by atoms with van der Waals surface area (Å²) in [6, 6.07) is 12.7. The molecule has 0 spiro atoms. The molecule has 0 saturated heterocycles. The van der Waals surface area contributed by atoms with Crippen molar-refractivity contribution in [1.82, 2.24) is 4.98 Å². The summed E-state index contributed by atoms with van der Waals surface area (Å²) in [5.41, 5.74) is 1.81. The maximum atomic E-state index is 12.9. The molecule has 1 N–H and O–H groups in total. The lowest BCUT2D eigenvalue weighted by atomic mass is 10.0. The number of para-hydroxylation sites is 1. The summed E-state index contributed by atoms with van der Waals surface area (Å²) >= 11 is 0. The minimum absolute atomic E-state index is 0.00901. The number of ether oxygens (including phenoxy) is 3. The standard InChI is InChI=1S/C21H18N2O4/c1-25-18-10-20(27-3)19(26-2)9-13(18)8-14(11-22)21(24)16-12-23-17-7-5-4-6-15(16)17/h4-10,12,23H,1-3H3/b14-8+. The van der Waals surface area contributed by atoms with Gasteiger partial charge in [0.15, 0.2) is 11.5 Å². The van der Waals surface area contributed by atoms with E-state index in [1.807, 2.05) is 30.3 Å². The first-order chi connectivity index (χ1) is 13.1. The Bertz CT molecular complexity index is 1070. The molecule has 0 unspecified atom stereocenters. The van der Waals surface area contributed by atoms with Crippen LogP contribution in [0.4, 0.5) is 0 Å².